The molecule has 0 spiro atoms. The van der Waals surface area contributed by atoms with Crippen LogP contribution in [0.5, 0.6) is 0 Å². The van der Waals surface area contributed by atoms with Crippen molar-refractivity contribution in [3.63, 3.8) is 0 Å². The number of hydrogen-bond acceptors (Lipinski definition) is 2. The van der Waals surface area contributed by atoms with Crippen LogP contribution >= 0.6 is 0 Å². The first-order chi connectivity index (χ1) is 10.8. The summed E-state index contributed by atoms with van der Waals surface area (Å²) < 4.78 is 1.78. The van der Waals surface area contributed by atoms with Gasteiger partial charge in [0.15, 0.2) is 0 Å². The number of hydrogen-bond donors (Lipinski definition) is 1. The van der Waals surface area contributed by atoms with E-state index in [1.807, 2.05) is 54.6 Å². The van der Waals surface area contributed by atoms with Gasteiger partial charge in [-0.15, -0.1) is 0 Å². The number of aryl methyl sites for hydroxylation is 1. The number of benzene rings is 2. The van der Waals surface area contributed by atoms with Crippen LogP contribution in [0.15, 0.2) is 67.1 Å². The SMILES string of the molecule is CCc1ccccc1NC(=O)c1cncn1-c1ccccc1. The van der Waals surface area contributed by atoms with E-state index >= 15 is 0 Å². The van der Waals surface area contributed by atoms with Crippen molar-refractivity contribution in [1.29, 1.82) is 0 Å². The van der Waals surface area contributed by atoms with E-state index in [2.05, 4.69) is 17.2 Å². The molecule has 0 aliphatic rings. The minimum atomic E-state index is -0.165. The molecule has 110 valence electrons. The number of para-hydroxylation sites is 2. The van der Waals surface area contributed by atoms with Gasteiger partial charge in [-0.3, -0.25) is 9.36 Å². The lowest BCUT2D eigenvalue weighted by Gasteiger charge is -2.11. The first-order valence-electron chi connectivity index (χ1n) is 7.26. The lowest BCUT2D eigenvalue weighted by molar-refractivity contribution is 0.102. The van der Waals surface area contributed by atoms with E-state index in [0.717, 1.165) is 23.4 Å². The fourth-order valence-electron chi connectivity index (χ4n) is 2.39. The molecule has 4 nitrogen and oxygen atoms in total. The molecule has 0 fully saturated rings. The molecule has 0 unspecified atom stereocenters. The topological polar surface area (TPSA) is 46.9 Å². The average Bonchev–Trinajstić information content (AvgIpc) is 3.06. The summed E-state index contributed by atoms with van der Waals surface area (Å²) in [6.45, 7) is 2.07. The summed E-state index contributed by atoms with van der Waals surface area (Å²) >= 11 is 0. The number of amides is 1. The molecule has 1 heterocycles. The summed E-state index contributed by atoms with van der Waals surface area (Å²) in [5, 5.41) is 2.97. The Hall–Kier alpha value is -2.88. The Bertz CT molecular complexity index is 778. The molecule has 0 radical (unpaired) electrons. The van der Waals surface area contributed by atoms with Crippen LogP contribution in [0.3, 0.4) is 0 Å². The number of aromatic nitrogens is 2. The lowest BCUT2D eigenvalue weighted by atomic mass is 10.1. The Morgan fingerprint density at radius 3 is 2.59 bits per heavy atom. The first kappa shape index (κ1) is 14.1. The molecule has 0 aliphatic carbocycles. The van der Waals surface area contributed by atoms with Gasteiger partial charge in [-0.05, 0) is 30.2 Å². The van der Waals surface area contributed by atoms with Crippen LogP contribution in [-0.4, -0.2) is 15.5 Å². The van der Waals surface area contributed by atoms with E-state index < -0.39 is 0 Å². The normalized spacial score (nSPS) is 10.4. The van der Waals surface area contributed by atoms with Gasteiger partial charge in [-0.2, -0.15) is 0 Å². The Kier molecular flexibility index (Phi) is 4.01. The van der Waals surface area contributed by atoms with Crippen LogP contribution < -0.4 is 5.32 Å². The molecule has 4 heteroatoms. The monoisotopic (exact) mass is 291 g/mol. The van der Waals surface area contributed by atoms with Gasteiger partial charge in [0.1, 0.15) is 5.69 Å². The number of carbonyl (C=O) groups is 1. The molecule has 1 amide bonds. The zero-order valence-corrected chi connectivity index (χ0v) is 12.4. The lowest BCUT2D eigenvalue weighted by Crippen LogP contribution is -2.16. The summed E-state index contributed by atoms with van der Waals surface area (Å²) in [5.41, 5.74) is 3.38. The summed E-state index contributed by atoms with van der Waals surface area (Å²) in [6, 6.07) is 17.5. The van der Waals surface area contributed by atoms with Gasteiger partial charge in [0.2, 0.25) is 0 Å². The molecule has 3 rings (SSSR count). The van der Waals surface area contributed by atoms with Crippen LogP contribution in [0, 0.1) is 0 Å². The summed E-state index contributed by atoms with van der Waals surface area (Å²) in [4.78, 5) is 16.7. The van der Waals surface area contributed by atoms with E-state index in [1.54, 1.807) is 17.1 Å². The van der Waals surface area contributed by atoms with Gasteiger partial charge >= 0.3 is 0 Å². The van der Waals surface area contributed by atoms with Crippen LogP contribution in [0.4, 0.5) is 5.69 Å². The van der Waals surface area contributed by atoms with Gasteiger partial charge in [-0.1, -0.05) is 43.3 Å². The largest absolute Gasteiger partial charge is 0.320 e. The number of nitrogens with one attached hydrogen (secondary N) is 1. The Labute approximate surface area is 129 Å². The fraction of sp³-hybridized carbons (Fsp3) is 0.111. The van der Waals surface area contributed by atoms with Gasteiger partial charge in [-0.25, -0.2) is 4.98 Å². The van der Waals surface area contributed by atoms with Crippen LogP contribution in [-0.2, 0) is 6.42 Å². The molecule has 3 aromatic rings. The Morgan fingerprint density at radius 1 is 1.09 bits per heavy atom. The van der Waals surface area contributed by atoms with Crippen molar-refractivity contribution in [3.8, 4) is 5.69 Å². The molecule has 0 saturated heterocycles. The van der Waals surface area contributed by atoms with Crippen LogP contribution in [0.2, 0.25) is 0 Å². The maximum absolute atomic E-state index is 12.6. The average molecular weight is 291 g/mol. The first-order valence-corrected chi connectivity index (χ1v) is 7.26. The van der Waals surface area contributed by atoms with E-state index in [0.29, 0.717) is 5.69 Å². The van der Waals surface area contributed by atoms with Crippen molar-refractivity contribution in [2.45, 2.75) is 13.3 Å². The van der Waals surface area contributed by atoms with Crippen molar-refractivity contribution in [2.24, 2.45) is 0 Å². The van der Waals surface area contributed by atoms with Gasteiger partial charge in [0.25, 0.3) is 5.91 Å². The molecule has 1 N–H and O–H groups in total. The predicted molar refractivity (Wildman–Crippen MR) is 87.3 cm³/mol. The highest BCUT2D eigenvalue weighted by molar-refractivity contribution is 6.03. The standard InChI is InChI=1S/C18H17N3O/c1-2-14-8-6-7-11-16(14)20-18(22)17-12-19-13-21(17)15-9-4-3-5-10-15/h3-13H,2H2,1H3,(H,20,22). The number of imidazole rings is 1. The second kappa shape index (κ2) is 6.26. The number of nitrogens with zero attached hydrogens (tertiary/aromatic N) is 2. The highest BCUT2D eigenvalue weighted by Gasteiger charge is 2.14. The molecule has 22 heavy (non-hydrogen) atoms. The number of anilines is 1. The highest BCUT2D eigenvalue weighted by Crippen LogP contribution is 2.18. The summed E-state index contributed by atoms with van der Waals surface area (Å²) in [5.74, 6) is -0.165. The third-order valence-corrected chi connectivity index (χ3v) is 3.55. The summed E-state index contributed by atoms with van der Waals surface area (Å²) in [6.07, 6.45) is 4.10. The Morgan fingerprint density at radius 2 is 1.82 bits per heavy atom. The Balaban J connectivity index is 1.90. The predicted octanol–water partition coefficient (Wildman–Crippen LogP) is 3.69. The van der Waals surface area contributed by atoms with Crippen molar-refractivity contribution in [1.82, 2.24) is 9.55 Å². The van der Waals surface area contributed by atoms with Crippen molar-refractivity contribution >= 4 is 11.6 Å². The smallest absolute Gasteiger partial charge is 0.274 e. The van der Waals surface area contributed by atoms with E-state index in [1.165, 1.54) is 0 Å². The van der Waals surface area contributed by atoms with E-state index in [-0.39, 0.29) is 5.91 Å². The van der Waals surface area contributed by atoms with E-state index in [4.69, 9.17) is 0 Å². The van der Waals surface area contributed by atoms with E-state index in [9.17, 15) is 4.79 Å². The summed E-state index contributed by atoms with van der Waals surface area (Å²) in [7, 11) is 0. The second-order valence-electron chi connectivity index (χ2n) is 4.95. The molecule has 0 atom stereocenters. The molecule has 2 aromatic carbocycles. The minimum Gasteiger partial charge on any atom is -0.320 e. The zero-order valence-electron chi connectivity index (χ0n) is 12.4. The highest BCUT2D eigenvalue weighted by atomic mass is 16.2. The molecule has 1 aromatic heterocycles. The minimum absolute atomic E-state index is 0.165. The maximum Gasteiger partial charge on any atom is 0.274 e. The molecule has 0 aliphatic heterocycles. The second-order valence-corrected chi connectivity index (χ2v) is 4.95. The fourth-order valence-corrected chi connectivity index (χ4v) is 2.39. The third kappa shape index (κ3) is 2.76. The van der Waals surface area contributed by atoms with Crippen LogP contribution in [0.1, 0.15) is 23.0 Å². The van der Waals surface area contributed by atoms with Gasteiger partial charge in [0, 0.05) is 11.4 Å². The zero-order chi connectivity index (χ0) is 15.4. The molecule has 0 bridgehead atoms. The third-order valence-electron chi connectivity index (χ3n) is 3.55. The van der Waals surface area contributed by atoms with Gasteiger partial charge in [0.05, 0.1) is 12.5 Å². The van der Waals surface area contributed by atoms with Crippen molar-refractivity contribution < 1.29 is 4.79 Å². The molecular weight excluding hydrogens is 274 g/mol. The quantitative estimate of drug-likeness (QED) is 0.797. The van der Waals surface area contributed by atoms with Crippen molar-refractivity contribution in [3.05, 3.63) is 78.4 Å². The molecular formula is C18H17N3O. The van der Waals surface area contributed by atoms with Crippen molar-refractivity contribution in [2.75, 3.05) is 5.32 Å². The van der Waals surface area contributed by atoms with Gasteiger partial charge < -0.3 is 5.32 Å². The number of rotatable bonds is 4. The number of carbonyl (C=O) groups excluding carboxylic acids is 1. The maximum atomic E-state index is 12.6. The molecule has 0 saturated carbocycles. The van der Waals surface area contributed by atoms with Crippen LogP contribution in [0.25, 0.3) is 5.69 Å².